The molecule has 0 bridgehead atoms. The van der Waals surface area contributed by atoms with Crippen LogP contribution in [0.25, 0.3) is 11.5 Å². The molecule has 0 aliphatic heterocycles. The average Bonchev–Trinajstić information content (AvgIpc) is 3.08. The van der Waals surface area contributed by atoms with Crippen molar-refractivity contribution in [2.45, 2.75) is 70.4 Å². The number of hydrogen-bond donors (Lipinski definition) is 1. The third-order valence-electron chi connectivity index (χ3n) is 3.83. The zero-order valence-electron chi connectivity index (χ0n) is 19.6. The van der Waals surface area contributed by atoms with Crippen molar-refractivity contribution in [1.29, 1.82) is 0 Å². The summed E-state index contributed by atoms with van der Waals surface area (Å²) in [5.41, 5.74) is -0.878. The molecule has 1 aromatic heterocycles. The van der Waals surface area contributed by atoms with Gasteiger partial charge in [-0.2, -0.15) is 0 Å². The Morgan fingerprint density at radius 3 is 2.23 bits per heavy atom. The van der Waals surface area contributed by atoms with Gasteiger partial charge in [0.1, 0.15) is 17.0 Å². The molecule has 0 spiro atoms. The molecule has 0 fully saturated rings. The second kappa shape index (κ2) is 9.91. The standard InChI is InChI=1S/C22H33N3O5S/c1-20(2,3)30-18(26)23-21(4,5)13-27-14-22(6,7)29-16-11-9-15(10-12-16)17-24-25-19(28-17)31-8/h9-12H,13-14H2,1-8H3,(H,23,26). The third kappa shape index (κ3) is 8.78. The summed E-state index contributed by atoms with van der Waals surface area (Å²) in [6, 6.07) is 7.46. The molecule has 9 heteroatoms. The number of alkyl carbamates (subject to hydrolysis) is 1. The van der Waals surface area contributed by atoms with Crippen LogP contribution < -0.4 is 10.1 Å². The van der Waals surface area contributed by atoms with Gasteiger partial charge >= 0.3 is 6.09 Å². The number of rotatable bonds is 9. The van der Waals surface area contributed by atoms with Gasteiger partial charge in [0, 0.05) is 5.56 Å². The van der Waals surface area contributed by atoms with Gasteiger partial charge in [-0.3, -0.25) is 0 Å². The maximum absolute atomic E-state index is 12.0. The fourth-order valence-corrected chi connectivity index (χ4v) is 2.88. The lowest BCUT2D eigenvalue weighted by Crippen LogP contribution is -2.49. The van der Waals surface area contributed by atoms with E-state index >= 15 is 0 Å². The zero-order valence-corrected chi connectivity index (χ0v) is 20.4. The van der Waals surface area contributed by atoms with Crippen LogP contribution in [0.2, 0.25) is 0 Å². The zero-order chi connectivity index (χ0) is 23.3. The molecule has 2 rings (SSSR count). The lowest BCUT2D eigenvalue weighted by molar-refractivity contribution is -0.0216. The lowest BCUT2D eigenvalue weighted by Gasteiger charge is -2.31. The quantitative estimate of drug-likeness (QED) is 0.536. The van der Waals surface area contributed by atoms with Crippen LogP contribution >= 0.6 is 11.8 Å². The fourth-order valence-electron chi connectivity index (χ4n) is 2.59. The Kier molecular flexibility index (Phi) is 7.99. The van der Waals surface area contributed by atoms with Gasteiger partial charge in [-0.05, 0) is 79.0 Å². The first-order valence-corrected chi connectivity index (χ1v) is 11.3. The number of aromatic nitrogens is 2. The minimum Gasteiger partial charge on any atom is -0.485 e. The molecule has 1 heterocycles. The van der Waals surface area contributed by atoms with E-state index in [1.54, 1.807) is 0 Å². The molecule has 31 heavy (non-hydrogen) atoms. The highest BCUT2D eigenvalue weighted by molar-refractivity contribution is 7.98. The molecular formula is C22H33N3O5S. The molecular weight excluding hydrogens is 418 g/mol. The Balaban J connectivity index is 1.85. The summed E-state index contributed by atoms with van der Waals surface area (Å²) in [6.07, 6.45) is 1.41. The largest absolute Gasteiger partial charge is 0.485 e. The number of carbonyl (C=O) groups excluding carboxylic acids is 1. The monoisotopic (exact) mass is 451 g/mol. The summed E-state index contributed by atoms with van der Waals surface area (Å²) >= 11 is 1.40. The number of amides is 1. The maximum Gasteiger partial charge on any atom is 0.408 e. The molecule has 0 radical (unpaired) electrons. The highest BCUT2D eigenvalue weighted by Crippen LogP contribution is 2.26. The molecule has 0 saturated heterocycles. The molecule has 0 atom stereocenters. The van der Waals surface area contributed by atoms with Gasteiger partial charge in [-0.15, -0.1) is 10.2 Å². The van der Waals surface area contributed by atoms with Crippen molar-refractivity contribution in [3.63, 3.8) is 0 Å². The number of carbonyl (C=O) groups is 1. The topological polar surface area (TPSA) is 95.7 Å². The number of benzene rings is 1. The smallest absolute Gasteiger partial charge is 0.408 e. The van der Waals surface area contributed by atoms with Crippen LogP contribution in [0.4, 0.5) is 4.79 Å². The van der Waals surface area contributed by atoms with E-state index in [9.17, 15) is 4.79 Å². The van der Waals surface area contributed by atoms with Gasteiger partial charge in [0.05, 0.1) is 18.8 Å². The molecule has 0 saturated carbocycles. The summed E-state index contributed by atoms with van der Waals surface area (Å²) < 4.78 is 22.8. The van der Waals surface area contributed by atoms with Gasteiger partial charge in [-0.1, -0.05) is 11.8 Å². The molecule has 1 amide bonds. The molecule has 1 N–H and O–H groups in total. The van der Waals surface area contributed by atoms with E-state index < -0.39 is 22.8 Å². The molecule has 0 unspecified atom stereocenters. The molecule has 1 aromatic carbocycles. The first-order chi connectivity index (χ1) is 14.3. The number of ether oxygens (including phenoxy) is 3. The molecule has 0 aliphatic carbocycles. The van der Waals surface area contributed by atoms with Crippen molar-refractivity contribution in [3.05, 3.63) is 24.3 Å². The van der Waals surface area contributed by atoms with Gasteiger partial charge in [0.25, 0.3) is 5.22 Å². The van der Waals surface area contributed by atoms with E-state index in [1.807, 2.05) is 79.0 Å². The molecule has 0 aliphatic rings. The summed E-state index contributed by atoms with van der Waals surface area (Å²) in [5.74, 6) is 1.17. The number of nitrogens with one attached hydrogen (secondary N) is 1. The fraction of sp³-hybridized carbons (Fsp3) is 0.591. The van der Waals surface area contributed by atoms with Crippen molar-refractivity contribution in [1.82, 2.24) is 15.5 Å². The number of nitrogens with zero attached hydrogens (tertiary/aromatic N) is 2. The molecule has 8 nitrogen and oxygen atoms in total. The number of thioether (sulfide) groups is 1. The van der Waals surface area contributed by atoms with E-state index in [2.05, 4.69) is 15.5 Å². The van der Waals surface area contributed by atoms with Gasteiger partial charge < -0.3 is 23.9 Å². The molecule has 2 aromatic rings. The highest BCUT2D eigenvalue weighted by atomic mass is 32.2. The van der Waals surface area contributed by atoms with Gasteiger partial charge in [0.2, 0.25) is 5.89 Å². The highest BCUT2D eigenvalue weighted by Gasteiger charge is 2.27. The van der Waals surface area contributed by atoms with Crippen molar-refractivity contribution < 1.29 is 23.4 Å². The van der Waals surface area contributed by atoms with Crippen LogP contribution in [0.5, 0.6) is 5.75 Å². The van der Waals surface area contributed by atoms with E-state index in [-0.39, 0.29) is 0 Å². The van der Waals surface area contributed by atoms with E-state index in [1.165, 1.54) is 11.8 Å². The maximum atomic E-state index is 12.0. The normalized spacial score (nSPS) is 12.5. The minimum atomic E-state index is -0.584. The Bertz CT molecular complexity index is 857. The summed E-state index contributed by atoms with van der Waals surface area (Å²) in [4.78, 5) is 12.0. The Labute approximate surface area is 188 Å². The lowest BCUT2D eigenvalue weighted by atomic mass is 10.1. The Morgan fingerprint density at radius 2 is 1.68 bits per heavy atom. The minimum absolute atomic E-state index is 0.312. The first-order valence-electron chi connectivity index (χ1n) is 10.0. The van der Waals surface area contributed by atoms with Gasteiger partial charge in [-0.25, -0.2) is 4.79 Å². The SMILES string of the molecule is CSc1nnc(-c2ccc(OC(C)(C)COCC(C)(C)NC(=O)OC(C)(C)C)cc2)o1. The van der Waals surface area contributed by atoms with E-state index in [0.29, 0.717) is 30.1 Å². The van der Waals surface area contributed by atoms with Crippen LogP contribution in [0.15, 0.2) is 33.9 Å². The summed E-state index contributed by atoms with van der Waals surface area (Å²) in [7, 11) is 0. The van der Waals surface area contributed by atoms with Crippen molar-refractivity contribution in [3.8, 4) is 17.2 Å². The summed E-state index contributed by atoms with van der Waals surface area (Å²) in [5, 5.41) is 11.3. The Morgan fingerprint density at radius 1 is 1.03 bits per heavy atom. The van der Waals surface area contributed by atoms with Crippen molar-refractivity contribution >= 4 is 17.9 Å². The first kappa shape index (κ1) is 25.0. The van der Waals surface area contributed by atoms with Crippen LogP contribution in [-0.2, 0) is 9.47 Å². The molecule has 172 valence electrons. The average molecular weight is 452 g/mol. The van der Waals surface area contributed by atoms with Crippen LogP contribution in [0.3, 0.4) is 0 Å². The van der Waals surface area contributed by atoms with Crippen LogP contribution in [0, 0.1) is 0 Å². The predicted molar refractivity (Wildman–Crippen MR) is 120 cm³/mol. The predicted octanol–water partition coefficient (Wildman–Crippen LogP) is 4.94. The Hall–Kier alpha value is -2.26. The second-order valence-corrected chi connectivity index (χ2v) is 10.2. The second-order valence-electron chi connectivity index (χ2n) is 9.47. The summed E-state index contributed by atoms with van der Waals surface area (Å²) in [6.45, 7) is 13.8. The van der Waals surface area contributed by atoms with Crippen molar-refractivity contribution in [2.75, 3.05) is 19.5 Å². The van der Waals surface area contributed by atoms with Crippen LogP contribution in [0.1, 0.15) is 48.5 Å². The van der Waals surface area contributed by atoms with E-state index in [0.717, 1.165) is 5.56 Å². The van der Waals surface area contributed by atoms with E-state index in [4.69, 9.17) is 18.6 Å². The van der Waals surface area contributed by atoms with Crippen molar-refractivity contribution in [2.24, 2.45) is 0 Å². The number of hydrogen-bond acceptors (Lipinski definition) is 8. The third-order valence-corrected chi connectivity index (χ3v) is 4.34. The van der Waals surface area contributed by atoms with Crippen LogP contribution in [-0.4, -0.2) is 52.5 Å². The van der Waals surface area contributed by atoms with Gasteiger partial charge in [0.15, 0.2) is 0 Å².